The number of hydrogen-bond donors (Lipinski definition) is 0. The average Bonchev–Trinajstić information content (AvgIpc) is 2.10. The Labute approximate surface area is 85.6 Å². The third-order valence-electron chi connectivity index (χ3n) is 3.09. The first kappa shape index (κ1) is 11.0. The molecule has 0 spiro atoms. The number of esters is 1. The van der Waals surface area contributed by atoms with Gasteiger partial charge in [-0.25, -0.2) is 4.79 Å². The Kier molecular flexibility index (Phi) is 2.84. The third kappa shape index (κ3) is 1.61. The molecule has 14 heavy (non-hydrogen) atoms. The third-order valence-corrected chi connectivity index (χ3v) is 3.09. The second-order valence-corrected chi connectivity index (χ2v) is 4.28. The van der Waals surface area contributed by atoms with Crippen molar-refractivity contribution in [3.63, 3.8) is 0 Å². The van der Waals surface area contributed by atoms with E-state index < -0.39 is 5.60 Å². The SMILES string of the molecule is C=C(C)C(=O)OC1(C(=C)C)CCC1C. The highest BCUT2D eigenvalue weighted by molar-refractivity contribution is 5.87. The topological polar surface area (TPSA) is 26.3 Å². The lowest BCUT2D eigenvalue weighted by Gasteiger charge is -2.47. The van der Waals surface area contributed by atoms with Crippen molar-refractivity contribution in [1.82, 2.24) is 0 Å². The summed E-state index contributed by atoms with van der Waals surface area (Å²) in [6.45, 7) is 13.2. The van der Waals surface area contributed by atoms with E-state index in [1.54, 1.807) is 6.92 Å². The van der Waals surface area contributed by atoms with Crippen molar-refractivity contribution in [2.24, 2.45) is 5.92 Å². The first-order valence-corrected chi connectivity index (χ1v) is 4.95. The van der Waals surface area contributed by atoms with Gasteiger partial charge in [-0.2, -0.15) is 0 Å². The standard InChI is InChI=1S/C12H18O2/c1-8(2)11(13)14-12(9(3)4)7-6-10(12)5/h10H,1,3,6-7H2,2,4-5H3. The fraction of sp³-hybridized carbons (Fsp3) is 0.583. The van der Waals surface area contributed by atoms with Gasteiger partial charge in [-0.1, -0.05) is 20.1 Å². The van der Waals surface area contributed by atoms with Crippen LogP contribution in [0.15, 0.2) is 24.3 Å². The summed E-state index contributed by atoms with van der Waals surface area (Å²) in [5.74, 6) is 0.0721. The van der Waals surface area contributed by atoms with Crippen LogP contribution >= 0.6 is 0 Å². The molecule has 1 aliphatic carbocycles. The van der Waals surface area contributed by atoms with Crippen molar-refractivity contribution < 1.29 is 9.53 Å². The van der Waals surface area contributed by atoms with Gasteiger partial charge in [-0.15, -0.1) is 0 Å². The lowest BCUT2D eigenvalue weighted by Crippen LogP contribution is -2.50. The van der Waals surface area contributed by atoms with Gasteiger partial charge in [0.1, 0.15) is 5.60 Å². The van der Waals surface area contributed by atoms with Crippen LogP contribution in [-0.2, 0) is 9.53 Å². The molecule has 2 atom stereocenters. The summed E-state index contributed by atoms with van der Waals surface area (Å²) < 4.78 is 5.47. The molecule has 0 aromatic carbocycles. The zero-order valence-corrected chi connectivity index (χ0v) is 9.22. The normalized spacial score (nSPS) is 30.4. The lowest BCUT2D eigenvalue weighted by molar-refractivity contribution is -0.167. The van der Waals surface area contributed by atoms with Gasteiger partial charge in [0.05, 0.1) is 0 Å². The molecule has 2 nitrogen and oxygen atoms in total. The maximum absolute atomic E-state index is 11.4. The Balaban J connectivity index is 2.77. The summed E-state index contributed by atoms with van der Waals surface area (Å²) in [5.41, 5.74) is 0.964. The molecule has 0 amide bonds. The number of ether oxygens (including phenoxy) is 1. The molecule has 2 unspecified atom stereocenters. The number of carbonyl (C=O) groups is 1. The van der Waals surface area contributed by atoms with E-state index in [1.165, 1.54) is 0 Å². The van der Waals surface area contributed by atoms with E-state index in [9.17, 15) is 4.79 Å². The molecule has 2 heteroatoms. The fourth-order valence-electron chi connectivity index (χ4n) is 1.82. The van der Waals surface area contributed by atoms with Crippen molar-refractivity contribution in [2.45, 2.75) is 39.2 Å². The predicted octanol–water partition coefficient (Wildman–Crippen LogP) is 2.85. The van der Waals surface area contributed by atoms with Crippen molar-refractivity contribution in [1.29, 1.82) is 0 Å². The molecule has 0 aromatic heterocycles. The van der Waals surface area contributed by atoms with Gasteiger partial charge in [-0.05, 0) is 32.3 Å². The summed E-state index contributed by atoms with van der Waals surface area (Å²) >= 11 is 0. The minimum Gasteiger partial charge on any atom is -0.451 e. The summed E-state index contributed by atoms with van der Waals surface area (Å²) in [5, 5.41) is 0. The van der Waals surface area contributed by atoms with E-state index in [1.807, 2.05) is 6.92 Å². The largest absolute Gasteiger partial charge is 0.451 e. The minimum atomic E-state index is -0.421. The van der Waals surface area contributed by atoms with Crippen LogP contribution in [0.2, 0.25) is 0 Å². The Hall–Kier alpha value is -1.05. The Morgan fingerprint density at radius 3 is 2.21 bits per heavy atom. The van der Waals surface area contributed by atoms with Crippen LogP contribution in [0.3, 0.4) is 0 Å². The monoisotopic (exact) mass is 194 g/mol. The molecular formula is C12H18O2. The van der Waals surface area contributed by atoms with E-state index in [0.717, 1.165) is 18.4 Å². The van der Waals surface area contributed by atoms with Crippen LogP contribution in [0.1, 0.15) is 33.6 Å². The summed E-state index contributed by atoms with van der Waals surface area (Å²) in [6.07, 6.45) is 1.98. The number of hydrogen-bond acceptors (Lipinski definition) is 2. The van der Waals surface area contributed by atoms with Gasteiger partial charge < -0.3 is 4.74 Å². The van der Waals surface area contributed by atoms with Crippen molar-refractivity contribution >= 4 is 5.97 Å². The first-order chi connectivity index (χ1) is 6.40. The van der Waals surface area contributed by atoms with E-state index >= 15 is 0 Å². The van der Waals surface area contributed by atoms with Crippen molar-refractivity contribution in [3.8, 4) is 0 Å². The van der Waals surface area contributed by atoms with E-state index in [-0.39, 0.29) is 5.97 Å². The second kappa shape index (κ2) is 3.60. The molecule has 0 aromatic rings. The van der Waals surface area contributed by atoms with Crippen LogP contribution in [0.5, 0.6) is 0 Å². The number of carbonyl (C=O) groups excluding carboxylic acids is 1. The number of rotatable bonds is 3. The van der Waals surface area contributed by atoms with Crippen LogP contribution in [0.4, 0.5) is 0 Å². The summed E-state index contributed by atoms with van der Waals surface area (Å²) in [4.78, 5) is 11.4. The molecule has 1 fully saturated rings. The summed E-state index contributed by atoms with van der Waals surface area (Å²) in [7, 11) is 0. The maximum Gasteiger partial charge on any atom is 0.333 e. The van der Waals surface area contributed by atoms with Crippen LogP contribution in [0.25, 0.3) is 0 Å². The zero-order chi connectivity index (χ0) is 10.9. The van der Waals surface area contributed by atoms with Crippen LogP contribution in [0, 0.1) is 5.92 Å². The van der Waals surface area contributed by atoms with Gasteiger partial charge in [-0.3, -0.25) is 0 Å². The molecule has 78 valence electrons. The highest BCUT2D eigenvalue weighted by Gasteiger charge is 2.48. The Morgan fingerprint density at radius 1 is 1.43 bits per heavy atom. The Bertz CT molecular complexity index is 291. The van der Waals surface area contributed by atoms with Gasteiger partial charge in [0.15, 0.2) is 0 Å². The lowest BCUT2D eigenvalue weighted by atomic mass is 9.67. The first-order valence-electron chi connectivity index (χ1n) is 4.95. The minimum absolute atomic E-state index is 0.306. The van der Waals surface area contributed by atoms with E-state index in [2.05, 4.69) is 20.1 Å². The highest BCUT2D eigenvalue weighted by Crippen LogP contribution is 2.46. The molecular weight excluding hydrogens is 176 g/mol. The molecule has 1 saturated carbocycles. The smallest absolute Gasteiger partial charge is 0.333 e. The van der Waals surface area contributed by atoms with Gasteiger partial charge in [0, 0.05) is 11.5 Å². The van der Waals surface area contributed by atoms with Crippen molar-refractivity contribution in [2.75, 3.05) is 0 Å². The summed E-state index contributed by atoms with van der Waals surface area (Å²) in [6, 6.07) is 0. The zero-order valence-electron chi connectivity index (χ0n) is 9.22. The average molecular weight is 194 g/mol. The molecule has 1 rings (SSSR count). The predicted molar refractivity (Wildman–Crippen MR) is 56.8 cm³/mol. The fourth-order valence-corrected chi connectivity index (χ4v) is 1.82. The van der Waals surface area contributed by atoms with Gasteiger partial charge in [0.2, 0.25) is 0 Å². The highest BCUT2D eigenvalue weighted by atomic mass is 16.6. The van der Waals surface area contributed by atoms with Gasteiger partial charge >= 0.3 is 5.97 Å². The molecule has 0 aliphatic heterocycles. The molecule has 0 bridgehead atoms. The molecule has 0 heterocycles. The van der Waals surface area contributed by atoms with E-state index in [0.29, 0.717) is 11.5 Å². The van der Waals surface area contributed by atoms with Crippen LogP contribution in [-0.4, -0.2) is 11.6 Å². The molecule has 1 aliphatic rings. The Morgan fingerprint density at radius 2 is 2.00 bits per heavy atom. The second-order valence-electron chi connectivity index (χ2n) is 4.28. The molecule has 0 saturated heterocycles. The molecule has 0 radical (unpaired) electrons. The van der Waals surface area contributed by atoms with Crippen molar-refractivity contribution in [3.05, 3.63) is 24.3 Å². The maximum atomic E-state index is 11.4. The van der Waals surface area contributed by atoms with Crippen LogP contribution < -0.4 is 0 Å². The van der Waals surface area contributed by atoms with Gasteiger partial charge in [0.25, 0.3) is 0 Å². The van der Waals surface area contributed by atoms with E-state index in [4.69, 9.17) is 4.74 Å². The molecule has 0 N–H and O–H groups in total. The quantitative estimate of drug-likeness (QED) is 0.392.